The van der Waals surface area contributed by atoms with Crippen LogP contribution in [0.25, 0.3) is 0 Å². The molecule has 1 unspecified atom stereocenters. The number of likely N-dealkylation sites (tertiary alicyclic amines) is 1. The maximum atomic E-state index is 12.7. The molecule has 114 valence electrons. The SMILES string of the molecule is CC1(C)CN(C(=O)c2ccc3c(c2)OCCO3)CCC1N. The molecule has 0 saturated carbocycles. The smallest absolute Gasteiger partial charge is 0.254 e. The number of piperidine rings is 1. The molecule has 0 radical (unpaired) electrons. The molecule has 5 nitrogen and oxygen atoms in total. The molecular weight excluding hydrogens is 268 g/mol. The van der Waals surface area contributed by atoms with Crippen LogP contribution in [0, 0.1) is 5.41 Å². The van der Waals surface area contributed by atoms with Gasteiger partial charge in [-0.3, -0.25) is 4.79 Å². The predicted octanol–water partition coefficient (Wildman–Crippen LogP) is 1.66. The van der Waals surface area contributed by atoms with E-state index in [4.69, 9.17) is 15.2 Å². The van der Waals surface area contributed by atoms with Crippen molar-refractivity contribution in [1.29, 1.82) is 0 Å². The van der Waals surface area contributed by atoms with Crippen LogP contribution in [-0.4, -0.2) is 43.2 Å². The van der Waals surface area contributed by atoms with Crippen LogP contribution in [0.4, 0.5) is 0 Å². The van der Waals surface area contributed by atoms with Crippen LogP contribution < -0.4 is 15.2 Å². The maximum Gasteiger partial charge on any atom is 0.254 e. The van der Waals surface area contributed by atoms with Crippen LogP contribution in [0.1, 0.15) is 30.6 Å². The van der Waals surface area contributed by atoms with Crippen molar-refractivity contribution in [1.82, 2.24) is 4.90 Å². The van der Waals surface area contributed by atoms with E-state index in [1.54, 1.807) is 12.1 Å². The summed E-state index contributed by atoms with van der Waals surface area (Å²) in [5.41, 5.74) is 6.72. The minimum atomic E-state index is -0.0538. The fourth-order valence-corrected chi connectivity index (χ4v) is 2.91. The van der Waals surface area contributed by atoms with Gasteiger partial charge in [0.05, 0.1) is 0 Å². The second-order valence-corrected chi connectivity index (χ2v) is 6.47. The minimum Gasteiger partial charge on any atom is -0.486 e. The normalized spacial score (nSPS) is 23.8. The zero-order valence-electron chi connectivity index (χ0n) is 12.6. The molecule has 1 aromatic rings. The van der Waals surface area contributed by atoms with E-state index in [2.05, 4.69) is 13.8 Å². The number of nitrogens with two attached hydrogens (primary N) is 1. The van der Waals surface area contributed by atoms with Gasteiger partial charge in [-0.1, -0.05) is 13.8 Å². The molecule has 2 aliphatic rings. The van der Waals surface area contributed by atoms with Crippen molar-refractivity contribution in [3.8, 4) is 11.5 Å². The Morgan fingerprint density at radius 2 is 2.00 bits per heavy atom. The van der Waals surface area contributed by atoms with Crippen molar-refractivity contribution in [2.24, 2.45) is 11.1 Å². The molecule has 1 atom stereocenters. The molecule has 2 N–H and O–H groups in total. The van der Waals surface area contributed by atoms with Gasteiger partial charge in [-0.25, -0.2) is 0 Å². The number of amides is 1. The number of ether oxygens (including phenoxy) is 2. The van der Waals surface area contributed by atoms with E-state index < -0.39 is 0 Å². The number of fused-ring (bicyclic) bond motifs is 1. The zero-order valence-corrected chi connectivity index (χ0v) is 12.6. The van der Waals surface area contributed by atoms with Gasteiger partial charge in [-0.2, -0.15) is 0 Å². The average molecular weight is 290 g/mol. The molecule has 0 aromatic heterocycles. The van der Waals surface area contributed by atoms with E-state index in [1.165, 1.54) is 0 Å². The van der Waals surface area contributed by atoms with Gasteiger partial charge in [-0.15, -0.1) is 0 Å². The van der Waals surface area contributed by atoms with Crippen molar-refractivity contribution in [3.63, 3.8) is 0 Å². The lowest BCUT2D eigenvalue weighted by Crippen LogP contribution is -2.54. The minimum absolute atomic E-state index is 0.0342. The highest BCUT2D eigenvalue weighted by molar-refractivity contribution is 5.95. The fraction of sp³-hybridized carbons (Fsp3) is 0.562. The quantitative estimate of drug-likeness (QED) is 0.854. The lowest BCUT2D eigenvalue weighted by molar-refractivity contribution is 0.0532. The Hall–Kier alpha value is -1.75. The summed E-state index contributed by atoms with van der Waals surface area (Å²) in [6, 6.07) is 5.53. The number of nitrogens with zero attached hydrogens (tertiary/aromatic N) is 1. The maximum absolute atomic E-state index is 12.7. The second-order valence-electron chi connectivity index (χ2n) is 6.47. The summed E-state index contributed by atoms with van der Waals surface area (Å²) in [6.45, 7) is 6.69. The van der Waals surface area contributed by atoms with E-state index in [0.29, 0.717) is 43.4 Å². The topological polar surface area (TPSA) is 64.8 Å². The number of carbonyl (C=O) groups is 1. The van der Waals surface area contributed by atoms with E-state index in [9.17, 15) is 4.79 Å². The molecule has 21 heavy (non-hydrogen) atoms. The van der Waals surface area contributed by atoms with Crippen molar-refractivity contribution < 1.29 is 14.3 Å². The molecular formula is C16H22N2O3. The predicted molar refractivity (Wildman–Crippen MR) is 79.7 cm³/mol. The van der Waals surface area contributed by atoms with Gasteiger partial charge in [0.15, 0.2) is 11.5 Å². The summed E-state index contributed by atoms with van der Waals surface area (Å²) in [7, 11) is 0. The van der Waals surface area contributed by atoms with E-state index in [-0.39, 0.29) is 17.4 Å². The Labute approximate surface area is 125 Å². The summed E-state index contributed by atoms with van der Waals surface area (Å²) in [6.07, 6.45) is 0.837. The Balaban J connectivity index is 1.79. The van der Waals surface area contributed by atoms with Crippen LogP contribution in [0.5, 0.6) is 11.5 Å². The standard InChI is InChI=1S/C16H22N2O3/c1-16(2)10-18(6-5-14(16)17)15(19)11-3-4-12-13(9-11)21-8-7-20-12/h3-4,9,14H,5-8,10,17H2,1-2H3. The molecule has 1 aromatic carbocycles. The van der Waals surface area contributed by atoms with Crippen molar-refractivity contribution >= 4 is 5.91 Å². The molecule has 5 heteroatoms. The Bertz CT molecular complexity index is 556. The fourth-order valence-electron chi connectivity index (χ4n) is 2.91. The number of benzene rings is 1. The van der Waals surface area contributed by atoms with Crippen LogP contribution in [0.3, 0.4) is 0 Å². The van der Waals surface area contributed by atoms with Gasteiger partial charge in [0.1, 0.15) is 13.2 Å². The van der Waals surface area contributed by atoms with E-state index >= 15 is 0 Å². The molecule has 1 fully saturated rings. The van der Waals surface area contributed by atoms with E-state index in [1.807, 2.05) is 11.0 Å². The summed E-state index contributed by atoms with van der Waals surface area (Å²) >= 11 is 0. The molecule has 0 spiro atoms. The first-order valence-electron chi connectivity index (χ1n) is 7.42. The van der Waals surface area contributed by atoms with E-state index in [0.717, 1.165) is 6.42 Å². The van der Waals surface area contributed by atoms with Gasteiger partial charge in [0.25, 0.3) is 5.91 Å². The monoisotopic (exact) mass is 290 g/mol. The zero-order chi connectivity index (χ0) is 15.0. The van der Waals surface area contributed by atoms with Gasteiger partial charge >= 0.3 is 0 Å². The highest BCUT2D eigenvalue weighted by atomic mass is 16.6. The third-order valence-electron chi connectivity index (χ3n) is 4.39. The van der Waals surface area contributed by atoms with Crippen molar-refractivity contribution in [3.05, 3.63) is 23.8 Å². The largest absolute Gasteiger partial charge is 0.486 e. The summed E-state index contributed by atoms with van der Waals surface area (Å²) < 4.78 is 11.0. The highest BCUT2D eigenvalue weighted by Crippen LogP contribution is 2.33. The third-order valence-corrected chi connectivity index (χ3v) is 4.39. The van der Waals surface area contributed by atoms with Crippen LogP contribution in [0.15, 0.2) is 18.2 Å². The van der Waals surface area contributed by atoms with Crippen molar-refractivity contribution in [2.75, 3.05) is 26.3 Å². The number of rotatable bonds is 1. The van der Waals surface area contributed by atoms with Gasteiger partial charge < -0.3 is 20.1 Å². The molecule has 3 rings (SSSR count). The third kappa shape index (κ3) is 2.70. The highest BCUT2D eigenvalue weighted by Gasteiger charge is 2.35. The van der Waals surface area contributed by atoms with Gasteiger partial charge in [0.2, 0.25) is 0 Å². The van der Waals surface area contributed by atoms with Crippen molar-refractivity contribution in [2.45, 2.75) is 26.3 Å². The Morgan fingerprint density at radius 1 is 1.29 bits per heavy atom. The second kappa shape index (κ2) is 5.22. The van der Waals surface area contributed by atoms with Gasteiger partial charge in [-0.05, 0) is 30.0 Å². The Morgan fingerprint density at radius 3 is 2.71 bits per heavy atom. The molecule has 1 saturated heterocycles. The molecule has 0 aliphatic carbocycles. The number of hydrogen-bond acceptors (Lipinski definition) is 4. The van der Waals surface area contributed by atoms with Crippen LogP contribution in [0.2, 0.25) is 0 Å². The summed E-state index contributed by atoms with van der Waals surface area (Å²) in [4.78, 5) is 14.6. The summed E-state index contributed by atoms with van der Waals surface area (Å²) in [5, 5.41) is 0. The van der Waals surface area contributed by atoms with Crippen LogP contribution >= 0.6 is 0 Å². The first-order chi connectivity index (χ1) is 9.97. The Kier molecular flexibility index (Phi) is 3.53. The van der Waals surface area contributed by atoms with Gasteiger partial charge in [0, 0.05) is 24.7 Å². The lowest BCUT2D eigenvalue weighted by Gasteiger charge is -2.42. The average Bonchev–Trinajstić information content (AvgIpc) is 2.48. The lowest BCUT2D eigenvalue weighted by atomic mass is 9.79. The molecule has 1 amide bonds. The molecule has 2 aliphatic heterocycles. The number of hydrogen-bond donors (Lipinski definition) is 1. The first kappa shape index (κ1) is 14.2. The first-order valence-corrected chi connectivity index (χ1v) is 7.42. The number of carbonyl (C=O) groups excluding carboxylic acids is 1. The summed E-state index contributed by atoms with van der Waals surface area (Å²) in [5.74, 6) is 1.39. The molecule has 2 heterocycles. The molecule has 0 bridgehead atoms. The van der Waals surface area contributed by atoms with Crippen LogP contribution in [-0.2, 0) is 0 Å².